The molecule has 0 atom stereocenters. The van der Waals surface area contributed by atoms with Gasteiger partial charge in [0.15, 0.2) is 23.2 Å². The molecule has 19 heavy (non-hydrogen) atoms. The highest BCUT2D eigenvalue weighted by Crippen LogP contribution is 2.28. The summed E-state index contributed by atoms with van der Waals surface area (Å²) < 4.78 is 39.4. The van der Waals surface area contributed by atoms with Gasteiger partial charge < -0.3 is 0 Å². The van der Waals surface area contributed by atoms with Crippen LogP contribution in [0.15, 0.2) is 30.3 Å². The first-order valence-electron chi connectivity index (χ1n) is 5.05. The van der Waals surface area contributed by atoms with Gasteiger partial charge in [0, 0.05) is 0 Å². The molecular formula is C13H5Cl2F3O. The maximum atomic E-state index is 13.5. The lowest BCUT2D eigenvalue weighted by molar-refractivity contribution is 0.103. The lowest BCUT2D eigenvalue weighted by Crippen LogP contribution is -2.08. The van der Waals surface area contributed by atoms with Crippen molar-refractivity contribution in [3.05, 3.63) is 69.0 Å². The van der Waals surface area contributed by atoms with Gasteiger partial charge in [0.25, 0.3) is 0 Å². The molecule has 0 aliphatic carbocycles. The Kier molecular flexibility index (Phi) is 3.83. The molecule has 0 fully saturated rings. The first-order chi connectivity index (χ1) is 8.93. The molecule has 0 heterocycles. The molecule has 0 saturated carbocycles. The molecule has 0 aromatic heterocycles. The van der Waals surface area contributed by atoms with Gasteiger partial charge in [-0.05, 0) is 24.3 Å². The van der Waals surface area contributed by atoms with Gasteiger partial charge in [-0.2, -0.15) is 0 Å². The summed E-state index contributed by atoms with van der Waals surface area (Å²) in [6, 6.07) is 5.78. The van der Waals surface area contributed by atoms with E-state index in [1.165, 1.54) is 18.2 Å². The van der Waals surface area contributed by atoms with Crippen LogP contribution in [-0.4, -0.2) is 5.78 Å². The molecule has 2 aromatic carbocycles. The number of halogens is 5. The number of ketones is 1. The minimum atomic E-state index is -1.71. The van der Waals surface area contributed by atoms with Crippen molar-refractivity contribution in [2.24, 2.45) is 0 Å². The van der Waals surface area contributed by atoms with Gasteiger partial charge in [-0.1, -0.05) is 29.3 Å². The summed E-state index contributed by atoms with van der Waals surface area (Å²) in [6.07, 6.45) is 0. The molecule has 0 spiro atoms. The van der Waals surface area contributed by atoms with Crippen LogP contribution in [0.3, 0.4) is 0 Å². The van der Waals surface area contributed by atoms with Crippen LogP contribution in [-0.2, 0) is 0 Å². The Hall–Kier alpha value is -1.52. The molecule has 0 N–H and O–H groups in total. The van der Waals surface area contributed by atoms with Crippen molar-refractivity contribution in [2.45, 2.75) is 0 Å². The van der Waals surface area contributed by atoms with E-state index >= 15 is 0 Å². The molecule has 2 rings (SSSR count). The third-order valence-electron chi connectivity index (χ3n) is 2.47. The Morgan fingerprint density at radius 2 is 1.47 bits per heavy atom. The highest BCUT2D eigenvalue weighted by atomic mass is 35.5. The van der Waals surface area contributed by atoms with Gasteiger partial charge in [-0.25, -0.2) is 13.2 Å². The number of carbonyl (C=O) groups excluding carboxylic acids is 1. The van der Waals surface area contributed by atoms with E-state index in [1.54, 1.807) is 0 Å². The van der Waals surface area contributed by atoms with Gasteiger partial charge in [-0.3, -0.25) is 4.79 Å². The number of carbonyl (C=O) groups is 1. The molecule has 0 aliphatic rings. The van der Waals surface area contributed by atoms with Crippen molar-refractivity contribution in [3.8, 4) is 0 Å². The minimum Gasteiger partial charge on any atom is -0.288 e. The third kappa shape index (κ3) is 2.46. The SMILES string of the molecule is O=C(c1ccc(F)c(F)c1F)c1c(Cl)cccc1Cl. The van der Waals surface area contributed by atoms with Crippen molar-refractivity contribution < 1.29 is 18.0 Å². The summed E-state index contributed by atoms with van der Waals surface area (Å²) in [5.74, 6) is -5.57. The minimum absolute atomic E-state index is 0.00151. The standard InChI is InChI=1S/C13H5Cl2F3O/c14-7-2-1-3-8(15)10(7)13(19)6-4-5-9(16)12(18)11(6)17/h1-5H. The van der Waals surface area contributed by atoms with Gasteiger partial charge in [-0.15, -0.1) is 0 Å². The van der Waals surface area contributed by atoms with Crippen LogP contribution in [0.25, 0.3) is 0 Å². The number of rotatable bonds is 2. The summed E-state index contributed by atoms with van der Waals surface area (Å²) in [5, 5.41) is 0.00302. The Bertz CT molecular complexity index is 651. The topological polar surface area (TPSA) is 17.1 Å². The van der Waals surface area contributed by atoms with Crippen LogP contribution in [0, 0.1) is 17.5 Å². The molecule has 0 unspecified atom stereocenters. The number of hydrogen-bond acceptors (Lipinski definition) is 1. The fourth-order valence-corrected chi connectivity index (χ4v) is 2.12. The maximum absolute atomic E-state index is 13.5. The Morgan fingerprint density at radius 3 is 2.05 bits per heavy atom. The molecule has 98 valence electrons. The fourth-order valence-electron chi connectivity index (χ4n) is 1.55. The second kappa shape index (κ2) is 5.23. The van der Waals surface area contributed by atoms with Crippen molar-refractivity contribution in [1.82, 2.24) is 0 Å². The quantitative estimate of drug-likeness (QED) is 0.583. The van der Waals surface area contributed by atoms with Crippen LogP contribution >= 0.6 is 23.2 Å². The van der Waals surface area contributed by atoms with Crippen molar-refractivity contribution in [3.63, 3.8) is 0 Å². The molecule has 0 radical (unpaired) electrons. The van der Waals surface area contributed by atoms with Crippen LogP contribution in [0.1, 0.15) is 15.9 Å². The predicted molar refractivity (Wildman–Crippen MR) is 66.2 cm³/mol. The highest BCUT2D eigenvalue weighted by molar-refractivity contribution is 6.41. The first kappa shape index (κ1) is 13.9. The normalized spacial score (nSPS) is 10.6. The summed E-state index contributed by atoms with van der Waals surface area (Å²) in [4.78, 5) is 12.1. The molecule has 0 bridgehead atoms. The van der Waals surface area contributed by atoms with E-state index in [2.05, 4.69) is 0 Å². The fraction of sp³-hybridized carbons (Fsp3) is 0. The molecule has 6 heteroatoms. The zero-order valence-electron chi connectivity index (χ0n) is 9.18. The lowest BCUT2D eigenvalue weighted by Gasteiger charge is -2.07. The number of hydrogen-bond donors (Lipinski definition) is 0. The third-order valence-corrected chi connectivity index (χ3v) is 3.10. The summed E-state index contributed by atoms with van der Waals surface area (Å²) >= 11 is 11.6. The van der Waals surface area contributed by atoms with Gasteiger partial charge >= 0.3 is 0 Å². The molecule has 2 aromatic rings. The van der Waals surface area contributed by atoms with Crippen LogP contribution in [0.4, 0.5) is 13.2 Å². The highest BCUT2D eigenvalue weighted by Gasteiger charge is 2.23. The largest absolute Gasteiger partial charge is 0.288 e. The van der Waals surface area contributed by atoms with Gasteiger partial charge in [0.05, 0.1) is 21.2 Å². The second-order valence-electron chi connectivity index (χ2n) is 3.65. The van der Waals surface area contributed by atoms with Crippen LogP contribution in [0.2, 0.25) is 10.0 Å². The van der Waals surface area contributed by atoms with Crippen molar-refractivity contribution in [2.75, 3.05) is 0 Å². The van der Waals surface area contributed by atoms with E-state index in [0.717, 1.165) is 6.07 Å². The molecule has 0 amide bonds. The monoisotopic (exact) mass is 304 g/mol. The smallest absolute Gasteiger partial charge is 0.199 e. The predicted octanol–water partition coefficient (Wildman–Crippen LogP) is 4.64. The molecule has 1 nitrogen and oxygen atoms in total. The van der Waals surface area contributed by atoms with Crippen LogP contribution < -0.4 is 0 Å². The molecule has 0 aliphatic heterocycles. The number of benzene rings is 2. The summed E-state index contributed by atoms with van der Waals surface area (Å²) in [6.45, 7) is 0. The zero-order valence-corrected chi connectivity index (χ0v) is 10.7. The maximum Gasteiger partial charge on any atom is 0.199 e. The van der Waals surface area contributed by atoms with E-state index in [9.17, 15) is 18.0 Å². The zero-order chi connectivity index (χ0) is 14.2. The van der Waals surface area contributed by atoms with E-state index in [4.69, 9.17) is 23.2 Å². The molecule has 0 saturated heterocycles. The van der Waals surface area contributed by atoms with Gasteiger partial charge in [0.2, 0.25) is 0 Å². The van der Waals surface area contributed by atoms with E-state index in [1.807, 2.05) is 0 Å². The Balaban J connectivity index is 2.60. The molecular weight excluding hydrogens is 300 g/mol. The van der Waals surface area contributed by atoms with Crippen molar-refractivity contribution >= 4 is 29.0 Å². The van der Waals surface area contributed by atoms with Gasteiger partial charge in [0.1, 0.15) is 0 Å². The second-order valence-corrected chi connectivity index (χ2v) is 4.46. The first-order valence-corrected chi connectivity index (χ1v) is 5.81. The van der Waals surface area contributed by atoms with E-state index < -0.39 is 28.8 Å². The summed E-state index contributed by atoms with van der Waals surface area (Å²) in [5.41, 5.74) is -0.787. The average molecular weight is 305 g/mol. The van der Waals surface area contributed by atoms with E-state index in [-0.39, 0.29) is 15.6 Å². The van der Waals surface area contributed by atoms with Crippen LogP contribution in [0.5, 0.6) is 0 Å². The average Bonchev–Trinajstić information content (AvgIpc) is 2.35. The van der Waals surface area contributed by atoms with Crippen molar-refractivity contribution in [1.29, 1.82) is 0 Å². The lowest BCUT2D eigenvalue weighted by atomic mass is 10.0. The Morgan fingerprint density at radius 1 is 0.895 bits per heavy atom. The van der Waals surface area contributed by atoms with E-state index in [0.29, 0.717) is 6.07 Å². The Labute approximate surface area is 116 Å². The summed E-state index contributed by atoms with van der Waals surface area (Å²) in [7, 11) is 0.